The van der Waals surface area contributed by atoms with Crippen LogP contribution in [0, 0.1) is 11.7 Å². The van der Waals surface area contributed by atoms with Gasteiger partial charge in [0.15, 0.2) is 5.17 Å². The molecule has 2 aromatic rings. The summed E-state index contributed by atoms with van der Waals surface area (Å²) >= 11 is 1.57. The number of nitrogens with two attached hydrogens (primary N) is 1. The quantitative estimate of drug-likeness (QED) is 0.864. The molecule has 1 heterocycles. The van der Waals surface area contributed by atoms with Gasteiger partial charge in [0.05, 0.1) is 18.2 Å². The zero-order valence-corrected chi connectivity index (χ0v) is 15.4. The molecule has 0 bridgehead atoms. The Morgan fingerprint density at radius 2 is 1.92 bits per heavy atom. The average molecular weight is 370 g/mol. The highest BCUT2D eigenvalue weighted by Gasteiger charge is 2.48. The van der Waals surface area contributed by atoms with Gasteiger partial charge in [0.2, 0.25) is 0 Å². The lowest BCUT2D eigenvalue weighted by Gasteiger charge is -2.46. The summed E-state index contributed by atoms with van der Waals surface area (Å²) in [7, 11) is 0. The molecule has 0 amide bonds. The fraction of sp³-hybridized carbons (Fsp3) is 0.381. The number of thioether (sulfide) groups is 1. The fourth-order valence-corrected chi connectivity index (χ4v) is 5.16. The third-order valence-corrected chi connectivity index (χ3v) is 6.44. The van der Waals surface area contributed by atoms with Gasteiger partial charge >= 0.3 is 0 Å². The molecule has 0 radical (unpaired) electrons. The number of amidine groups is 1. The molecule has 2 N–H and O–H groups in total. The molecule has 2 aliphatic rings. The van der Waals surface area contributed by atoms with Gasteiger partial charge in [-0.2, -0.15) is 0 Å². The first-order chi connectivity index (χ1) is 12.7. The molecule has 1 saturated carbocycles. The molecule has 1 fully saturated rings. The van der Waals surface area contributed by atoms with Crippen LogP contribution >= 0.6 is 11.8 Å². The number of hydrogen-bond acceptors (Lipinski definition) is 4. The average Bonchev–Trinajstić information content (AvgIpc) is 2.67. The molecule has 5 heteroatoms. The molecule has 0 saturated heterocycles. The molecule has 3 atom stereocenters. The Kier molecular flexibility index (Phi) is 5.00. The standard InChI is InChI=1S/C21H23FN2OS/c22-19-9-5-4-8-18(19)21-11-10-17(12-16(21)14-26-20(23)24-21)25-13-15-6-2-1-3-7-15/h1-9,16-17H,10-14H2,(H2,23,24)/t16-,17+,21-/m0/s1. The second-order valence-corrected chi connectivity index (χ2v) is 8.10. The number of ether oxygens (including phenoxy) is 1. The first-order valence-corrected chi connectivity index (χ1v) is 10.0. The Labute approximate surface area is 157 Å². The zero-order valence-electron chi connectivity index (χ0n) is 14.6. The third kappa shape index (κ3) is 3.38. The molecule has 1 aliphatic heterocycles. The largest absolute Gasteiger partial charge is 0.379 e. The monoisotopic (exact) mass is 370 g/mol. The predicted molar refractivity (Wildman–Crippen MR) is 105 cm³/mol. The molecule has 2 aromatic carbocycles. The van der Waals surface area contributed by atoms with E-state index in [9.17, 15) is 4.39 Å². The van der Waals surface area contributed by atoms with Crippen molar-refractivity contribution in [1.82, 2.24) is 0 Å². The van der Waals surface area contributed by atoms with Crippen LogP contribution in [0.5, 0.6) is 0 Å². The Balaban J connectivity index is 1.54. The maximum Gasteiger partial charge on any atom is 0.154 e. The van der Waals surface area contributed by atoms with E-state index in [1.165, 1.54) is 11.6 Å². The van der Waals surface area contributed by atoms with Crippen molar-refractivity contribution in [2.24, 2.45) is 16.6 Å². The highest BCUT2D eigenvalue weighted by molar-refractivity contribution is 8.13. The Morgan fingerprint density at radius 3 is 2.73 bits per heavy atom. The first-order valence-electron chi connectivity index (χ1n) is 9.06. The third-order valence-electron chi connectivity index (χ3n) is 5.48. The minimum absolute atomic E-state index is 0.176. The van der Waals surface area contributed by atoms with Crippen molar-refractivity contribution in [3.63, 3.8) is 0 Å². The smallest absolute Gasteiger partial charge is 0.154 e. The molecular formula is C21H23FN2OS. The van der Waals surface area contributed by atoms with Crippen molar-refractivity contribution in [2.45, 2.75) is 37.5 Å². The van der Waals surface area contributed by atoms with Crippen LogP contribution in [0.2, 0.25) is 0 Å². The van der Waals surface area contributed by atoms with Crippen LogP contribution in [0.4, 0.5) is 4.39 Å². The molecular weight excluding hydrogens is 347 g/mol. The number of halogens is 1. The Hall–Kier alpha value is -1.85. The summed E-state index contributed by atoms with van der Waals surface area (Å²) in [5.41, 5.74) is 7.35. The Bertz CT molecular complexity index is 798. The molecule has 136 valence electrons. The van der Waals surface area contributed by atoms with Gasteiger partial charge in [-0.05, 0) is 30.9 Å². The van der Waals surface area contributed by atoms with E-state index in [0.29, 0.717) is 17.3 Å². The highest BCUT2D eigenvalue weighted by Crippen LogP contribution is 2.50. The topological polar surface area (TPSA) is 47.6 Å². The SMILES string of the molecule is NC1=N[C@@]2(c3ccccc3F)CC[C@@H](OCc3ccccc3)C[C@H]2CS1. The van der Waals surface area contributed by atoms with E-state index in [1.54, 1.807) is 17.8 Å². The van der Waals surface area contributed by atoms with Gasteiger partial charge in [-0.1, -0.05) is 60.3 Å². The van der Waals surface area contributed by atoms with Crippen LogP contribution in [0.15, 0.2) is 59.6 Å². The second kappa shape index (κ2) is 7.41. The molecule has 26 heavy (non-hydrogen) atoms. The van der Waals surface area contributed by atoms with Gasteiger partial charge in [0.25, 0.3) is 0 Å². The molecule has 4 rings (SSSR count). The number of fused-ring (bicyclic) bond motifs is 1. The van der Waals surface area contributed by atoms with E-state index < -0.39 is 5.54 Å². The van der Waals surface area contributed by atoms with Crippen molar-refractivity contribution in [2.75, 3.05) is 5.75 Å². The van der Waals surface area contributed by atoms with Gasteiger partial charge in [0, 0.05) is 17.2 Å². The number of nitrogens with zero attached hydrogens (tertiary/aromatic N) is 1. The molecule has 0 spiro atoms. The highest BCUT2D eigenvalue weighted by atomic mass is 32.2. The van der Waals surface area contributed by atoms with Crippen LogP contribution in [0.1, 0.15) is 30.4 Å². The van der Waals surface area contributed by atoms with Gasteiger partial charge in [-0.25, -0.2) is 4.39 Å². The van der Waals surface area contributed by atoms with Gasteiger partial charge < -0.3 is 10.5 Å². The first kappa shape index (κ1) is 17.6. The lowest BCUT2D eigenvalue weighted by Crippen LogP contribution is -2.46. The predicted octanol–water partition coefficient (Wildman–Crippen LogP) is 4.47. The fourth-order valence-electron chi connectivity index (χ4n) is 4.15. The lowest BCUT2D eigenvalue weighted by molar-refractivity contribution is -0.0168. The van der Waals surface area contributed by atoms with Crippen molar-refractivity contribution in [3.8, 4) is 0 Å². The normalized spacial score (nSPS) is 28.3. The van der Waals surface area contributed by atoms with Gasteiger partial charge in [0.1, 0.15) is 5.82 Å². The van der Waals surface area contributed by atoms with Crippen LogP contribution in [0.3, 0.4) is 0 Å². The zero-order chi connectivity index (χ0) is 18.0. The van der Waals surface area contributed by atoms with Crippen molar-refractivity contribution in [1.29, 1.82) is 0 Å². The number of aliphatic imine (C=N–C) groups is 1. The van der Waals surface area contributed by atoms with Crippen molar-refractivity contribution < 1.29 is 9.13 Å². The summed E-state index contributed by atoms with van der Waals surface area (Å²) < 4.78 is 20.8. The molecule has 0 aromatic heterocycles. The summed E-state index contributed by atoms with van der Waals surface area (Å²) in [5.74, 6) is 0.894. The van der Waals surface area contributed by atoms with E-state index >= 15 is 0 Å². The molecule has 0 unspecified atom stereocenters. The lowest BCUT2D eigenvalue weighted by atomic mass is 9.68. The maximum absolute atomic E-state index is 14.6. The van der Waals surface area contributed by atoms with E-state index in [4.69, 9.17) is 15.5 Å². The van der Waals surface area contributed by atoms with E-state index in [-0.39, 0.29) is 17.8 Å². The van der Waals surface area contributed by atoms with Crippen molar-refractivity contribution >= 4 is 16.9 Å². The summed E-state index contributed by atoms with van der Waals surface area (Å²) in [6.07, 6.45) is 2.68. The minimum atomic E-state index is -0.548. The van der Waals surface area contributed by atoms with E-state index in [0.717, 1.165) is 25.0 Å². The van der Waals surface area contributed by atoms with Gasteiger partial charge in [-0.15, -0.1) is 0 Å². The summed E-state index contributed by atoms with van der Waals surface area (Å²) in [6.45, 7) is 0.615. The number of hydrogen-bond donors (Lipinski definition) is 1. The molecule has 1 aliphatic carbocycles. The molecule has 3 nitrogen and oxygen atoms in total. The van der Waals surface area contributed by atoms with Crippen LogP contribution in [-0.2, 0) is 16.9 Å². The van der Waals surface area contributed by atoms with Crippen LogP contribution in [0.25, 0.3) is 0 Å². The maximum atomic E-state index is 14.6. The minimum Gasteiger partial charge on any atom is -0.379 e. The number of rotatable bonds is 4. The summed E-state index contributed by atoms with van der Waals surface area (Å²) in [5, 5.41) is 0.563. The van der Waals surface area contributed by atoms with Crippen LogP contribution in [-0.4, -0.2) is 17.0 Å². The Morgan fingerprint density at radius 1 is 1.15 bits per heavy atom. The summed E-state index contributed by atoms with van der Waals surface area (Å²) in [4.78, 5) is 4.78. The van der Waals surface area contributed by atoms with E-state index in [2.05, 4.69) is 12.1 Å². The second-order valence-electron chi connectivity index (χ2n) is 7.06. The summed E-state index contributed by atoms with van der Waals surface area (Å²) in [6, 6.07) is 17.2. The van der Waals surface area contributed by atoms with Gasteiger partial charge in [-0.3, -0.25) is 4.99 Å². The van der Waals surface area contributed by atoms with Crippen molar-refractivity contribution in [3.05, 3.63) is 71.5 Å². The number of benzene rings is 2. The van der Waals surface area contributed by atoms with Crippen LogP contribution < -0.4 is 5.73 Å². The van der Waals surface area contributed by atoms with E-state index in [1.807, 2.05) is 30.3 Å².